The van der Waals surface area contributed by atoms with Gasteiger partial charge in [-0.2, -0.15) is 54.0 Å². The Kier molecular flexibility index (Phi) is 72.2. The van der Waals surface area contributed by atoms with Crippen molar-refractivity contribution in [1.29, 1.82) is 0 Å². The predicted molar refractivity (Wildman–Crippen MR) is 457 cm³/mol. The molecule has 4 aromatic carbocycles. The zero-order chi connectivity index (χ0) is 72.5. The number of carbonyl (C=O) groups excluding carboxylic acids is 7. The first-order valence-corrected chi connectivity index (χ1v) is 38.8. The molecule has 590 valence electrons. The van der Waals surface area contributed by atoms with E-state index < -0.39 is 0 Å². The summed E-state index contributed by atoms with van der Waals surface area (Å²) in [4.78, 5) is 86.2. The molecule has 4 aromatic rings. The maximum atomic E-state index is 12.8. The van der Waals surface area contributed by atoms with E-state index in [2.05, 4.69) is 24.3 Å². The molecular formula is C87H142AlLiO12S4. The van der Waals surface area contributed by atoms with E-state index in [1.807, 2.05) is 91.9 Å². The molecule has 105 heavy (non-hydrogen) atoms. The van der Waals surface area contributed by atoms with Crippen molar-refractivity contribution in [2.75, 3.05) is 40.1 Å². The van der Waals surface area contributed by atoms with Gasteiger partial charge in [-0.3, -0.25) is 28.8 Å². The largest absolute Gasteiger partial charge is 1.00 e. The molecule has 4 aliphatic carbocycles. The van der Waals surface area contributed by atoms with Crippen molar-refractivity contribution < 1.29 is 79.6 Å². The van der Waals surface area contributed by atoms with Crippen LogP contribution in [0.5, 0.6) is 0 Å². The predicted octanol–water partition coefficient (Wildman–Crippen LogP) is 17.1. The summed E-state index contributed by atoms with van der Waals surface area (Å²) >= 11 is 0. The van der Waals surface area contributed by atoms with Crippen molar-refractivity contribution in [2.24, 2.45) is 23.7 Å². The number of carbonyl (C=O) groups is 7. The molecule has 1 saturated heterocycles. The minimum atomic E-state index is -0.385. The molecule has 0 amide bonds. The molecule has 0 radical (unpaired) electrons. The van der Waals surface area contributed by atoms with Crippen LogP contribution < -0.4 is 18.9 Å². The number of benzene rings is 4. The summed E-state index contributed by atoms with van der Waals surface area (Å²) in [5.41, 5.74) is 7.87. The van der Waals surface area contributed by atoms with E-state index in [4.69, 9.17) is 20.7 Å². The Morgan fingerprint density at radius 1 is 0.457 bits per heavy atom. The van der Waals surface area contributed by atoms with E-state index in [1.54, 1.807) is 13.8 Å². The van der Waals surface area contributed by atoms with Gasteiger partial charge in [-0.15, -0.1) is 0 Å². The van der Waals surface area contributed by atoms with E-state index in [0.29, 0.717) is 39.4 Å². The van der Waals surface area contributed by atoms with Gasteiger partial charge in [-0.25, -0.2) is 0 Å². The maximum absolute atomic E-state index is 12.8. The summed E-state index contributed by atoms with van der Waals surface area (Å²) < 4.78 is 21.5. The normalized spacial score (nSPS) is 19.6. The number of aldehydes is 1. The van der Waals surface area contributed by atoms with Gasteiger partial charge in [0.15, 0.2) is 40.5 Å². The molecular weight excluding hydrogens is 1400 g/mol. The summed E-state index contributed by atoms with van der Waals surface area (Å²) in [6, 6.07) is 31.6. The smallest absolute Gasteiger partial charge is 1.00 e. The van der Waals surface area contributed by atoms with Gasteiger partial charge >= 0.3 is 30.8 Å². The molecule has 1 heterocycles. The Labute approximate surface area is 689 Å². The summed E-state index contributed by atoms with van der Waals surface area (Å²) in [5, 5.41) is 16.5. The first-order chi connectivity index (χ1) is 49.0. The van der Waals surface area contributed by atoms with Crippen molar-refractivity contribution in [3.63, 3.8) is 0 Å². The Bertz CT molecular complexity index is 2910. The quantitative estimate of drug-likeness (QED) is 0.0806. The number of aliphatic hydroxyl groups excluding tert-OH is 2. The first kappa shape index (κ1) is 105. The fourth-order valence-corrected chi connectivity index (χ4v) is 13.6. The number of fused-ring (bicyclic) bond motifs is 4. The van der Waals surface area contributed by atoms with Crippen molar-refractivity contribution in [2.45, 2.75) is 285 Å². The van der Waals surface area contributed by atoms with Crippen molar-refractivity contribution in [3.05, 3.63) is 154 Å². The molecule has 1 fully saturated rings. The molecule has 9 rings (SSSR count). The summed E-state index contributed by atoms with van der Waals surface area (Å²) in [5.74, 6) is -0.646. The van der Waals surface area contributed by atoms with Gasteiger partial charge in [-0.1, -0.05) is 251 Å². The third-order valence-electron chi connectivity index (χ3n) is 19.3. The van der Waals surface area contributed by atoms with Crippen LogP contribution in [0.4, 0.5) is 0 Å². The monoisotopic (exact) mass is 1540 g/mol. The first-order valence-electron chi connectivity index (χ1n) is 39.5. The van der Waals surface area contributed by atoms with Crippen LogP contribution in [0.3, 0.4) is 0 Å². The molecule has 2 N–H and O–H groups in total. The van der Waals surface area contributed by atoms with Crippen LogP contribution in [-0.2, 0) is 54.3 Å². The molecule has 0 unspecified atom stereocenters. The van der Waals surface area contributed by atoms with E-state index in [9.17, 15) is 38.7 Å². The number of hydrogen-bond acceptors (Lipinski definition) is 12. The molecule has 0 aromatic heterocycles. The average molecular weight is 1540 g/mol. The Hall–Kier alpha value is -3.68. The van der Waals surface area contributed by atoms with Crippen LogP contribution in [0.2, 0.25) is 0 Å². The van der Waals surface area contributed by atoms with Crippen LogP contribution in [-0.4, -0.2) is 109 Å². The van der Waals surface area contributed by atoms with Gasteiger partial charge in [0, 0.05) is 82.2 Å². The number of rotatable bonds is 6. The van der Waals surface area contributed by atoms with Crippen LogP contribution in [0.15, 0.2) is 109 Å². The summed E-state index contributed by atoms with van der Waals surface area (Å²) in [6.07, 6.45) is 47.3. The Morgan fingerprint density at radius 2 is 0.771 bits per heavy atom. The second kappa shape index (κ2) is 71.9. The third kappa shape index (κ3) is 47.2. The number of esters is 2. The van der Waals surface area contributed by atoms with Gasteiger partial charge in [0.2, 0.25) is 0 Å². The molecule has 0 spiro atoms. The SMILES string of the molecule is C1CCOC1.CCOC(=O)[C@@H]1CC=CCCCCCCc2ccccc2C(=O)C1.CCOC(=O)[C@@H]1CCCCCCCCCc2ccccc2C(=O)C1.CO.O=C1C[C@H](CO)CCCCCCCCCc2ccccc21.O=C[C@@H]1CCCCCCCCCc2ccccc2C(=O)C1.S.S.S.S.[2H]CC.[AlH3].[H-].[Li+]. The van der Waals surface area contributed by atoms with Gasteiger partial charge in [0.05, 0.1) is 25.0 Å². The molecule has 1 aliphatic heterocycles. The van der Waals surface area contributed by atoms with E-state index in [1.165, 1.54) is 134 Å². The fourth-order valence-electron chi connectivity index (χ4n) is 13.6. The van der Waals surface area contributed by atoms with Crippen LogP contribution in [0.1, 0.15) is 325 Å². The second-order valence-corrected chi connectivity index (χ2v) is 27.0. The zero-order valence-corrected chi connectivity index (χ0v) is 68.8. The molecule has 12 nitrogen and oxygen atoms in total. The number of allylic oxidation sites excluding steroid dienone is 2. The van der Waals surface area contributed by atoms with Gasteiger partial charge in [0.1, 0.15) is 6.29 Å². The van der Waals surface area contributed by atoms with E-state index in [-0.39, 0.29) is 170 Å². The van der Waals surface area contributed by atoms with E-state index >= 15 is 0 Å². The zero-order valence-electron chi connectivity index (χ0n) is 66.8. The van der Waals surface area contributed by atoms with E-state index in [0.717, 1.165) is 162 Å². The summed E-state index contributed by atoms with van der Waals surface area (Å²) in [7, 11) is 1.00. The summed E-state index contributed by atoms with van der Waals surface area (Å²) in [6.45, 7) is 8.77. The topological polar surface area (TPSA) is 188 Å². The molecule has 5 aliphatic rings. The number of Topliss-reactive ketones (excluding diaryl/α,β-unsaturated/α-hetero) is 4. The number of aryl methyl sites for hydroxylation is 4. The van der Waals surface area contributed by atoms with Crippen molar-refractivity contribution >= 4 is 113 Å². The van der Waals surface area contributed by atoms with Crippen molar-refractivity contribution in [1.82, 2.24) is 0 Å². The second-order valence-electron chi connectivity index (χ2n) is 27.0. The number of ether oxygens (including phenoxy) is 3. The standard InChI is InChI=1S/C21H30O3.C21H28O3.C19H28O2.C19H26O2.C4H8O.C2H6.CH4O.Al.Li.4H2S.4H/c2*1-2-24-21(23)18-14-9-7-5-3-4-6-8-12-17-13-10-11-15-19(17)20(22)16-18;2*20-15-16-10-6-4-2-1-3-5-7-11-17-12-8-9-13-18(17)19(21)14-16;1-2-4-5-3-1;2*1-2;;;;;;;;;;/h10-11,13,15,18H,2-9,12,14,16H2,1H3;7,9-11,13,15,18H,2-6,8,12,14,16H2,1H3;8-9,12-13,16,20H,1-7,10-11,14-15H2;8-9,12-13,15-16H,1-7,10-11,14H2;1-4H2;1-2H3;2H,1H3;;;4*1H2;;;;/q;;;;;;;;+1;;;;;;;;-1/t2*18-;2*16-;;;;;;;;;;;;;/m1111............./s1/i;;;;;1D;;;;;;;;;;;. The Morgan fingerprint density at radius 3 is 1.13 bits per heavy atom. The number of ketones is 4. The average Bonchev–Trinajstić information content (AvgIpc) is 1.37. The van der Waals surface area contributed by atoms with Gasteiger partial charge in [-0.05, 0) is 145 Å². The van der Waals surface area contributed by atoms with Crippen molar-refractivity contribution in [3.8, 4) is 0 Å². The minimum absolute atomic E-state index is 0. The molecule has 0 saturated carbocycles. The molecule has 18 heteroatoms. The van der Waals surface area contributed by atoms with Gasteiger partial charge < -0.3 is 30.6 Å². The molecule has 4 atom stereocenters. The van der Waals surface area contributed by atoms with Crippen LogP contribution in [0, 0.1) is 23.7 Å². The van der Waals surface area contributed by atoms with Crippen LogP contribution >= 0.6 is 54.0 Å². The van der Waals surface area contributed by atoms with Gasteiger partial charge in [0.25, 0.3) is 0 Å². The molecule has 0 bridgehead atoms. The van der Waals surface area contributed by atoms with Crippen LogP contribution in [0.25, 0.3) is 0 Å². The Balaban J connectivity index is -0.000000405. The third-order valence-corrected chi connectivity index (χ3v) is 19.3. The number of aliphatic hydroxyl groups is 2. The minimum Gasteiger partial charge on any atom is -1.00 e. The fraction of sp³-hybridized carbons (Fsp3) is 0.621. The maximum Gasteiger partial charge on any atom is 1.00 e. The number of hydrogen-bond donors (Lipinski definition) is 2.